The number of hydrogen-bond donors (Lipinski definition) is 2. The number of fused-ring (bicyclic) bond motifs is 1. The molecule has 0 unspecified atom stereocenters. The van der Waals surface area contributed by atoms with E-state index < -0.39 is 0 Å². The van der Waals surface area contributed by atoms with Crippen LogP contribution in [0.3, 0.4) is 0 Å². The van der Waals surface area contributed by atoms with Gasteiger partial charge in [0.1, 0.15) is 19.0 Å². The summed E-state index contributed by atoms with van der Waals surface area (Å²) in [6, 6.07) is 11.2. The van der Waals surface area contributed by atoms with E-state index in [0.717, 1.165) is 28.6 Å². The molecule has 1 aliphatic heterocycles. The number of rotatable bonds is 3. The smallest absolute Gasteiger partial charge is 0.163 e. The van der Waals surface area contributed by atoms with Gasteiger partial charge in [0.2, 0.25) is 0 Å². The molecule has 0 saturated heterocycles. The minimum Gasteiger partial charge on any atom is -0.497 e. The van der Waals surface area contributed by atoms with Gasteiger partial charge in [-0.05, 0) is 24.3 Å². The summed E-state index contributed by atoms with van der Waals surface area (Å²) in [6.45, 7) is 1.16. The van der Waals surface area contributed by atoms with E-state index in [-0.39, 0.29) is 0 Å². The summed E-state index contributed by atoms with van der Waals surface area (Å²) in [5.41, 5.74) is 8.32. The lowest BCUT2D eigenvalue weighted by Crippen LogP contribution is -2.15. The normalized spacial score (nSPS) is 12.8. The van der Waals surface area contributed by atoms with Gasteiger partial charge in [0.05, 0.1) is 18.5 Å². The van der Waals surface area contributed by atoms with Crippen LogP contribution in [0.4, 0.5) is 17.1 Å². The maximum absolute atomic E-state index is 5.98. The van der Waals surface area contributed by atoms with Crippen LogP contribution in [0.15, 0.2) is 36.4 Å². The van der Waals surface area contributed by atoms with Crippen LogP contribution in [0.5, 0.6) is 17.2 Å². The standard InChI is InChI=1S/C15H16N2O3/c1-18-11-3-4-13(12(16)9-11)17-10-2-5-14-15(8-10)20-7-6-19-14/h2-5,8-9,17H,6-7,16H2,1H3. The van der Waals surface area contributed by atoms with Gasteiger partial charge in [-0.1, -0.05) is 0 Å². The van der Waals surface area contributed by atoms with Crippen molar-refractivity contribution in [3.05, 3.63) is 36.4 Å². The maximum Gasteiger partial charge on any atom is 0.163 e. The number of hydrogen-bond acceptors (Lipinski definition) is 5. The fraction of sp³-hybridized carbons (Fsp3) is 0.200. The molecule has 0 radical (unpaired) electrons. The predicted octanol–water partition coefficient (Wildman–Crippen LogP) is 2.79. The maximum atomic E-state index is 5.98. The monoisotopic (exact) mass is 272 g/mol. The second-order valence-corrected chi connectivity index (χ2v) is 4.44. The quantitative estimate of drug-likeness (QED) is 0.841. The Kier molecular flexibility index (Phi) is 3.25. The van der Waals surface area contributed by atoms with Crippen molar-refractivity contribution in [1.82, 2.24) is 0 Å². The van der Waals surface area contributed by atoms with Gasteiger partial charge in [-0.3, -0.25) is 0 Å². The Labute approximate surface area is 117 Å². The van der Waals surface area contributed by atoms with Crippen LogP contribution in [-0.4, -0.2) is 20.3 Å². The summed E-state index contributed by atoms with van der Waals surface area (Å²) in [4.78, 5) is 0. The zero-order chi connectivity index (χ0) is 13.9. The van der Waals surface area contributed by atoms with Gasteiger partial charge >= 0.3 is 0 Å². The zero-order valence-corrected chi connectivity index (χ0v) is 11.2. The number of nitrogens with one attached hydrogen (secondary N) is 1. The van der Waals surface area contributed by atoms with Crippen LogP contribution >= 0.6 is 0 Å². The van der Waals surface area contributed by atoms with Gasteiger partial charge in [0.25, 0.3) is 0 Å². The van der Waals surface area contributed by atoms with Gasteiger partial charge in [-0.15, -0.1) is 0 Å². The van der Waals surface area contributed by atoms with E-state index in [2.05, 4.69) is 5.32 Å². The first-order chi connectivity index (χ1) is 9.76. The predicted molar refractivity (Wildman–Crippen MR) is 78.1 cm³/mol. The van der Waals surface area contributed by atoms with Gasteiger partial charge in [-0.25, -0.2) is 0 Å². The van der Waals surface area contributed by atoms with Gasteiger partial charge < -0.3 is 25.3 Å². The molecule has 5 heteroatoms. The summed E-state index contributed by atoms with van der Waals surface area (Å²) in [7, 11) is 1.61. The molecular weight excluding hydrogens is 256 g/mol. The number of methoxy groups -OCH3 is 1. The van der Waals surface area contributed by atoms with E-state index in [1.807, 2.05) is 30.3 Å². The molecular formula is C15H16N2O3. The number of nitrogens with two attached hydrogens (primary N) is 1. The highest BCUT2D eigenvalue weighted by atomic mass is 16.6. The van der Waals surface area contributed by atoms with Crippen molar-refractivity contribution in [1.29, 1.82) is 0 Å². The third kappa shape index (κ3) is 2.42. The highest BCUT2D eigenvalue weighted by Gasteiger charge is 2.12. The van der Waals surface area contributed by atoms with Crippen molar-refractivity contribution in [2.24, 2.45) is 0 Å². The summed E-state index contributed by atoms with van der Waals surface area (Å²) in [5.74, 6) is 2.24. The Bertz CT molecular complexity index is 629. The van der Waals surface area contributed by atoms with Crippen molar-refractivity contribution in [3.63, 3.8) is 0 Å². The molecule has 2 aromatic carbocycles. The van der Waals surface area contributed by atoms with Crippen LogP contribution in [0.2, 0.25) is 0 Å². The lowest BCUT2D eigenvalue weighted by atomic mass is 10.2. The molecule has 1 aliphatic rings. The Morgan fingerprint density at radius 3 is 2.60 bits per heavy atom. The Hall–Kier alpha value is -2.56. The lowest BCUT2D eigenvalue weighted by Gasteiger charge is -2.19. The van der Waals surface area contributed by atoms with Gasteiger partial charge in [-0.2, -0.15) is 0 Å². The molecule has 20 heavy (non-hydrogen) atoms. The molecule has 0 bridgehead atoms. The average molecular weight is 272 g/mol. The van der Waals surface area contributed by atoms with Crippen LogP contribution in [0.25, 0.3) is 0 Å². The third-order valence-electron chi connectivity index (χ3n) is 3.08. The van der Waals surface area contributed by atoms with Crippen LogP contribution in [0.1, 0.15) is 0 Å². The van der Waals surface area contributed by atoms with E-state index in [1.165, 1.54) is 0 Å². The van der Waals surface area contributed by atoms with E-state index >= 15 is 0 Å². The highest BCUT2D eigenvalue weighted by molar-refractivity contribution is 5.74. The van der Waals surface area contributed by atoms with Crippen molar-refractivity contribution < 1.29 is 14.2 Å². The first-order valence-electron chi connectivity index (χ1n) is 6.36. The van der Waals surface area contributed by atoms with Crippen LogP contribution in [0, 0.1) is 0 Å². The Balaban J connectivity index is 1.84. The zero-order valence-electron chi connectivity index (χ0n) is 11.2. The molecule has 0 fully saturated rings. The Morgan fingerprint density at radius 2 is 1.85 bits per heavy atom. The number of benzene rings is 2. The SMILES string of the molecule is COc1ccc(Nc2ccc3c(c2)OCCO3)c(N)c1. The van der Waals surface area contributed by atoms with Crippen molar-refractivity contribution in [2.75, 3.05) is 31.4 Å². The topological polar surface area (TPSA) is 65.7 Å². The largest absolute Gasteiger partial charge is 0.497 e. The minimum absolute atomic E-state index is 0.571. The molecule has 3 rings (SSSR count). The molecule has 0 amide bonds. The van der Waals surface area contributed by atoms with E-state index in [9.17, 15) is 0 Å². The third-order valence-corrected chi connectivity index (χ3v) is 3.08. The van der Waals surface area contributed by atoms with E-state index in [4.69, 9.17) is 19.9 Å². The molecule has 1 heterocycles. The fourth-order valence-corrected chi connectivity index (χ4v) is 2.06. The molecule has 5 nitrogen and oxygen atoms in total. The summed E-state index contributed by atoms with van der Waals surface area (Å²) in [6.07, 6.45) is 0. The molecule has 2 aromatic rings. The second-order valence-electron chi connectivity index (χ2n) is 4.44. The van der Waals surface area contributed by atoms with Crippen molar-refractivity contribution in [3.8, 4) is 17.2 Å². The van der Waals surface area contributed by atoms with Crippen LogP contribution in [-0.2, 0) is 0 Å². The van der Waals surface area contributed by atoms with E-state index in [1.54, 1.807) is 13.2 Å². The van der Waals surface area contributed by atoms with Crippen molar-refractivity contribution in [2.45, 2.75) is 0 Å². The molecule has 3 N–H and O–H groups in total. The van der Waals surface area contributed by atoms with Gasteiger partial charge in [0, 0.05) is 17.8 Å². The summed E-state index contributed by atoms with van der Waals surface area (Å²) >= 11 is 0. The molecule has 0 spiro atoms. The first-order valence-corrected chi connectivity index (χ1v) is 6.36. The number of ether oxygens (including phenoxy) is 3. The summed E-state index contributed by atoms with van der Waals surface area (Å²) in [5, 5.41) is 3.26. The highest BCUT2D eigenvalue weighted by Crippen LogP contribution is 2.34. The molecule has 0 aromatic heterocycles. The molecule has 0 aliphatic carbocycles. The summed E-state index contributed by atoms with van der Waals surface area (Å²) < 4.78 is 16.2. The van der Waals surface area contributed by atoms with Gasteiger partial charge in [0.15, 0.2) is 11.5 Å². The first kappa shape index (κ1) is 12.5. The van der Waals surface area contributed by atoms with Crippen LogP contribution < -0.4 is 25.3 Å². The second kappa shape index (κ2) is 5.21. The lowest BCUT2D eigenvalue weighted by molar-refractivity contribution is 0.171. The van der Waals surface area contributed by atoms with E-state index in [0.29, 0.717) is 18.9 Å². The molecule has 104 valence electrons. The molecule has 0 atom stereocenters. The fourth-order valence-electron chi connectivity index (χ4n) is 2.06. The Morgan fingerprint density at radius 1 is 1.05 bits per heavy atom. The number of anilines is 3. The average Bonchev–Trinajstić information content (AvgIpc) is 2.49. The minimum atomic E-state index is 0.571. The molecule has 0 saturated carbocycles. The van der Waals surface area contributed by atoms with Crippen molar-refractivity contribution >= 4 is 17.1 Å². The number of nitrogen functional groups attached to an aromatic ring is 1.